The normalized spacial score (nSPS) is 23.5. The molecular weight excluding hydrogens is 258 g/mol. The molecule has 1 aliphatic carbocycles. The van der Waals surface area contributed by atoms with Crippen molar-refractivity contribution in [1.82, 2.24) is 9.97 Å². The molecule has 6 heteroatoms. The first-order valence-corrected chi connectivity index (χ1v) is 7.95. The van der Waals surface area contributed by atoms with Gasteiger partial charge in [0.15, 0.2) is 0 Å². The molecule has 0 radical (unpaired) electrons. The molecule has 1 unspecified atom stereocenters. The Morgan fingerprint density at radius 1 is 1.37 bits per heavy atom. The zero-order valence-corrected chi connectivity index (χ0v) is 12.3. The van der Waals surface area contributed by atoms with Crippen molar-refractivity contribution in [3.8, 4) is 0 Å². The molecule has 1 aromatic rings. The minimum absolute atomic E-state index is 0.544. The molecule has 1 aromatic heterocycles. The number of nitrogens with two attached hydrogens (primary N) is 1. The van der Waals surface area contributed by atoms with E-state index in [1.54, 1.807) is 0 Å². The number of nitrogens with one attached hydrogen (secondary N) is 1. The lowest BCUT2D eigenvalue weighted by Gasteiger charge is -2.33. The first-order chi connectivity index (χ1) is 9.19. The Labute approximate surface area is 118 Å². The zero-order chi connectivity index (χ0) is 13.4. The zero-order valence-electron chi connectivity index (χ0n) is 11.5. The Morgan fingerprint density at radius 2 is 2.16 bits per heavy atom. The number of aromatic nitrogens is 2. The first-order valence-electron chi connectivity index (χ1n) is 6.90. The fraction of sp³-hybridized carbons (Fsp3) is 0.692. The van der Waals surface area contributed by atoms with Crippen molar-refractivity contribution in [3.63, 3.8) is 0 Å². The molecule has 1 saturated heterocycles. The van der Waals surface area contributed by atoms with Crippen molar-refractivity contribution in [3.05, 3.63) is 11.4 Å². The van der Waals surface area contributed by atoms with Crippen LogP contribution in [0, 0.1) is 6.92 Å². The van der Waals surface area contributed by atoms with Gasteiger partial charge in [0.1, 0.15) is 17.5 Å². The van der Waals surface area contributed by atoms with Gasteiger partial charge >= 0.3 is 0 Å². The first kappa shape index (κ1) is 13.0. The second-order valence-electron chi connectivity index (χ2n) is 5.43. The Hall–Kier alpha value is -1.01. The van der Waals surface area contributed by atoms with Gasteiger partial charge in [-0.1, -0.05) is 6.92 Å². The Kier molecular flexibility index (Phi) is 3.54. The maximum absolute atomic E-state index is 5.60. The fourth-order valence-corrected chi connectivity index (χ4v) is 3.52. The van der Waals surface area contributed by atoms with Crippen LogP contribution in [0.25, 0.3) is 0 Å². The van der Waals surface area contributed by atoms with Crippen molar-refractivity contribution < 1.29 is 0 Å². The van der Waals surface area contributed by atoms with E-state index in [0.29, 0.717) is 11.2 Å². The summed E-state index contributed by atoms with van der Waals surface area (Å²) < 4.78 is 0. The number of rotatable bonds is 3. The van der Waals surface area contributed by atoms with Gasteiger partial charge in [0.2, 0.25) is 0 Å². The number of nitrogens with zero attached hydrogens (tertiary/aromatic N) is 3. The number of nitrogen functional groups attached to an aromatic ring is 1. The molecule has 5 nitrogen and oxygen atoms in total. The van der Waals surface area contributed by atoms with E-state index >= 15 is 0 Å². The summed E-state index contributed by atoms with van der Waals surface area (Å²) in [4.78, 5) is 11.7. The molecule has 104 valence electrons. The fourth-order valence-electron chi connectivity index (χ4n) is 2.50. The van der Waals surface area contributed by atoms with Crippen molar-refractivity contribution in [2.45, 2.75) is 37.9 Å². The van der Waals surface area contributed by atoms with Gasteiger partial charge in [0.25, 0.3) is 0 Å². The van der Waals surface area contributed by atoms with Crippen molar-refractivity contribution in [2.75, 3.05) is 29.2 Å². The average Bonchev–Trinajstić information content (AvgIpc) is 3.23. The van der Waals surface area contributed by atoms with Crippen LogP contribution in [0.2, 0.25) is 0 Å². The van der Waals surface area contributed by atoms with E-state index < -0.39 is 0 Å². The molecule has 2 aliphatic rings. The monoisotopic (exact) mass is 279 g/mol. The van der Waals surface area contributed by atoms with Crippen LogP contribution in [0.1, 0.15) is 37.1 Å². The van der Waals surface area contributed by atoms with Gasteiger partial charge in [-0.05, 0) is 19.8 Å². The number of hydrogen-bond donors (Lipinski definition) is 2. The predicted molar refractivity (Wildman–Crippen MR) is 80.7 cm³/mol. The summed E-state index contributed by atoms with van der Waals surface area (Å²) in [5, 5.41) is 0.654. The highest BCUT2D eigenvalue weighted by Crippen LogP contribution is 2.40. The summed E-state index contributed by atoms with van der Waals surface area (Å²) in [6.07, 6.45) is 2.41. The van der Waals surface area contributed by atoms with Gasteiger partial charge in [-0.3, -0.25) is 0 Å². The van der Waals surface area contributed by atoms with Gasteiger partial charge in [0.05, 0.1) is 0 Å². The average molecular weight is 279 g/mol. The highest BCUT2D eigenvalue weighted by Gasteiger charge is 2.29. The third-order valence-corrected chi connectivity index (χ3v) is 4.89. The maximum atomic E-state index is 5.60. The Bertz CT molecular complexity index is 474. The van der Waals surface area contributed by atoms with Gasteiger partial charge in [-0.2, -0.15) is 11.8 Å². The van der Waals surface area contributed by atoms with Gasteiger partial charge in [-0.15, -0.1) is 0 Å². The molecule has 1 aliphatic heterocycles. The van der Waals surface area contributed by atoms with Gasteiger partial charge in [0, 0.05) is 35.6 Å². The van der Waals surface area contributed by atoms with E-state index in [1.165, 1.54) is 12.8 Å². The van der Waals surface area contributed by atoms with Crippen LogP contribution in [-0.4, -0.2) is 34.1 Å². The van der Waals surface area contributed by atoms with Crippen molar-refractivity contribution >= 4 is 23.4 Å². The number of anilines is 2. The Balaban J connectivity index is 1.95. The summed E-state index contributed by atoms with van der Waals surface area (Å²) in [6.45, 7) is 6.43. The van der Waals surface area contributed by atoms with E-state index in [1.807, 2.05) is 18.7 Å². The molecule has 0 amide bonds. The molecule has 3 N–H and O–H groups in total. The van der Waals surface area contributed by atoms with Crippen LogP contribution >= 0.6 is 11.8 Å². The smallest absolute Gasteiger partial charge is 0.148 e. The third kappa shape index (κ3) is 2.65. The molecular formula is C13H21N5S. The van der Waals surface area contributed by atoms with Crippen molar-refractivity contribution in [1.29, 1.82) is 0 Å². The molecule has 19 heavy (non-hydrogen) atoms. The van der Waals surface area contributed by atoms with Crippen molar-refractivity contribution in [2.24, 2.45) is 5.84 Å². The standard InChI is InChI=1S/C13H21N5S/c1-8-7-18(5-6-19-8)13-9(2)11(17-14)15-12(16-13)10-3-4-10/h8,10H,3-7,14H2,1-2H3,(H,15,16,17). The predicted octanol–water partition coefficient (Wildman–Crippen LogP) is 1.89. The minimum atomic E-state index is 0.544. The Morgan fingerprint density at radius 3 is 2.79 bits per heavy atom. The molecule has 2 fully saturated rings. The molecule has 1 atom stereocenters. The van der Waals surface area contributed by atoms with Crippen LogP contribution in [0.4, 0.5) is 11.6 Å². The largest absolute Gasteiger partial charge is 0.354 e. The number of hydrogen-bond acceptors (Lipinski definition) is 6. The quantitative estimate of drug-likeness (QED) is 0.650. The lowest BCUT2D eigenvalue weighted by atomic mass is 10.2. The van der Waals surface area contributed by atoms with Gasteiger partial charge < -0.3 is 10.3 Å². The molecule has 1 saturated carbocycles. The summed E-state index contributed by atoms with van der Waals surface area (Å²) in [6, 6.07) is 0. The second-order valence-corrected chi connectivity index (χ2v) is 6.97. The highest BCUT2D eigenvalue weighted by atomic mass is 32.2. The number of hydrazine groups is 1. The van der Waals surface area contributed by atoms with Gasteiger partial charge in [-0.25, -0.2) is 15.8 Å². The molecule has 3 rings (SSSR count). The van der Waals surface area contributed by atoms with Crippen LogP contribution in [-0.2, 0) is 0 Å². The van der Waals surface area contributed by atoms with Crippen LogP contribution < -0.4 is 16.2 Å². The molecule has 2 heterocycles. The van der Waals surface area contributed by atoms with E-state index in [-0.39, 0.29) is 0 Å². The number of thioether (sulfide) groups is 1. The van der Waals surface area contributed by atoms with E-state index in [9.17, 15) is 0 Å². The SMILES string of the molecule is Cc1c(NN)nc(C2CC2)nc1N1CCSC(C)C1. The summed E-state index contributed by atoms with van der Waals surface area (Å²) in [7, 11) is 0. The summed E-state index contributed by atoms with van der Waals surface area (Å²) in [5.41, 5.74) is 3.79. The highest BCUT2D eigenvalue weighted by molar-refractivity contribution is 8.00. The van der Waals surface area contributed by atoms with E-state index in [4.69, 9.17) is 10.8 Å². The second kappa shape index (κ2) is 5.17. The van der Waals surface area contributed by atoms with Crippen LogP contribution in [0.5, 0.6) is 0 Å². The lowest BCUT2D eigenvalue weighted by Crippen LogP contribution is -2.38. The summed E-state index contributed by atoms with van der Waals surface area (Å²) in [5.74, 6) is 10.1. The topological polar surface area (TPSA) is 67.1 Å². The molecule has 0 aromatic carbocycles. The molecule has 0 bridgehead atoms. The summed E-state index contributed by atoms with van der Waals surface area (Å²) >= 11 is 2.03. The maximum Gasteiger partial charge on any atom is 0.148 e. The van der Waals surface area contributed by atoms with Crippen LogP contribution in [0.15, 0.2) is 0 Å². The van der Waals surface area contributed by atoms with E-state index in [0.717, 1.165) is 41.9 Å². The lowest BCUT2D eigenvalue weighted by molar-refractivity contribution is 0.755. The van der Waals surface area contributed by atoms with Crippen LogP contribution in [0.3, 0.4) is 0 Å². The minimum Gasteiger partial charge on any atom is -0.354 e. The third-order valence-electron chi connectivity index (χ3n) is 3.76. The van der Waals surface area contributed by atoms with E-state index in [2.05, 4.69) is 22.2 Å². The molecule has 0 spiro atoms.